The maximum atomic E-state index is 7.18. The first-order valence-electron chi connectivity index (χ1n) is 2.68. The summed E-state index contributed by atoms with van der Waals surface area (Å²) in [7, 11) is 0. The largest absolute Gasteiger partial charge is 0.671 e. The first-order chi connectivity index (χ1) is 3.29. The van der Waals surface area contributed by atoms with Crippen LogP contribution < -0.4 is 0 Å². The Bertz CT molecular complexity index is 80.5. The van der Waals surface area contributed by atoms with Gasteiger partial charge in [-0.1, -0.05) is 19.4 Å². The van der Waals surface area contributed by atoms with Gasteiger partial charge < -0.3 is 5.73 Å². The predicted octanol–water partition coefficient (Wildman–Crippen LogP) is 2.00. The summed E-state index contributed by atoms with van der Waals surface area (Å²) < 4.78 is 0. The van der Waals surface area contributed by atoms with Crippen LogP contribution in [-0.2, 0) is 21.1 Å². The Kier molecular flexibility index (Phi) is 3.59. The molecule has 0 bridgehead atoms. The van der Waals surface area contributed by atoms with Crippen molar-refractivity contribution in [2.24, 2.45) is 5.92 Å². The molecule has 0 aromatic heterocycles. The summed E-state index contributed by atoms with van der Waals surface area (Å²) in [6.07, 6.45) is 5.10. The number of hydrogen-bond donors (Lipinski definition) is 0. The fourth-order valence-corrected chi connectivity index (χ4v) is 0.881. The Labute approximate surface area is 64.6 Å². The van der Waals surface area contributed by atoms with Crippen molar-refractivity contribution >= 4 is 0 Å². The van der Waals surface area contributed by atoms with Gasteiger partial charge in [-0.15, -0.1) is 12.1 Å². The molecule has 1 nitrogen and oxygen atoms in total. The van der Waals surface area contributed by atoms with Crippen LogP contribution in [0.3, 0.4) is 0 Å². The first-order valence-corrected chi connectivity index (χ1v) is 2.68. The topological polar surface area (TPSA) is 23.8 Å². The van der Waals surface area contributed by atoms with Crippen molar-refractivity contribution in [3.8, 4) is 0 Å². The van der Waals surface area contributed by atoms with Crippen LogP contribution in [-0.4, -0.2) is 6.04 Å². The zero-order valence-corrected chi connectivity index (χ0v) is 7.86. The van der Waals surface area contributed by atoms with Crippen molar-refractivity contribution in [2.45, 2.75) is 19.4 Å². The van der Waals surface area contributed by atoms with Crippen molar-refractivity contribution < 1.29 is 21.1 Å². The third kappa shape index (κ3) is 2.10. The average molecular weight is 280 g/mol. The van der Waals surface area contributed by atoms with Crippen LogP contribution >= 0.6 is 0 Å². The minimum Gasteiger partial charge on any atom is -0.671 e. The van der Waals surface area contributed by atoms with E-state index in [-0.39, 0.29) is 27.1 Å². The molecular weight excluding hydrogens is 270 g/mol. The van der Waals surface area contributed by atoms with E-state index in [2.05, 4.69) is 13.0 Å². The molecule has 1 N–H and O–H groups in total. The third-order valence-electron chi connectivity index (χ3n) is 1.30. The van der Waals surface area contributed by atoms with Crippen molar-refractivity contribution in [2.75, 3.05) is 0 Å². The van der Waals surface area contributed by atoms with Gasteiger partial charge in [0.05, 0.1) is 0 Å². The number of hydrogen-bond acceptors (Lipinski definition) is 0. The number of rotatable bonds is 0. The molecule has 0 aromatic carbocycles. The van der Waals surface area contributed by atoms with Crippen molar-refractivity contribution in [3.05, 3.63) is 17.9 Å². The van der Waals surface area contributed by atoms with Crippen LogP contribution in [0.4, 0.5) is 0 Å². The SMILES string of the molecule is C[C@@H]1C=C[C@H]([NH-])C1.[W]. The van der Waals surface area contributed by atoms with E-state index in [1.165, 1.54) is 0 Å². The Morgan fingerprint density at radius 2 is 2.12 bits per heavy atom. The Morgan fingerprint density at radius 3 is 2.25 bits per heavy atom. The molecule has 0 aromatic rings. The van der Waals surface area contributed by atoms with E-state index in [9.17, 15) is 0 Å². The predicted molar refractivity (Wildman–Crippen MR) is 31.0 cm³/mol. The van der Waals surface area contributed by atoms with Gasteiger partial charge in [-0.25, -0.2) is 0 Å². The molecule has 46 valence electrons. The minimum atomic E-state index is 0. The van der Waals surface area contributed by atoms with Crippen LogP contribution in [0, 0.1) is 5.92 Å². The zero-order valence-electron chi connectivity index (χ0n) is 4.92. The molecule has 2 heteroatoms. The van der Waals surface area contributed by atoms with Gasteiger partial charge in [0.2, 0.25) is 0 Å². The van der Waals surface area contributed by atoms with Gasteiger partial charge in [0, 0.05) is 21.1 Å². The molecular formula is C6H10NW-. The van der Waals surface area contributed by atoms with Gasteiger partial charge in [0.1, 0.15) is 0 Å². The molecule has 8 heavy (non-hydrogen) atoms. The maximum Gasteiger partial charge on any atom is 0 e. The van der Waals surface area contributed by atoms with Gasteiger partial charge in [-0.05, 0) is 5.92 Å². The second-order valence-corrected chi connectivity index (χ2v) is 2.20. The second kappa shape index (κ2) is 3.42. The van der Waals surface area contributed by atoms with E-state index in [1.807, 2.05) is 6.08 Å². The summed E-state index contributed by atoms with van der Waals surface area (Å²) in [5, 5.41) is 0. The molecule has 0 fully saturated rings. The smallest absolute Gasteiger partial charge is 0 e. The third-order valence-corrected chi connectivity index (χ3v) is 1.30. The summed E-state index contributed by atoms with van der Waals surface area (Å²) in [6.45, 7) is 2.14. The van der Waals surface area contributed by atoms with Gasteiger partial charge >= 0.3 is 0 Å². The quantitative estimate of drug-likeness (QED) is 0.606. The molecule has 1 rings (SSSR count). The molecule has 0 spiro atoms. The van der Waals surface area contributed by atoms with E-state index in [0.717, 1.165) is 6.42 Å². The van der Waals surface area contributed by atoms with Crippen LogP contribution in [0.2, 0.25) is 0 Å². The van der Waals surface area contributed by atoms with Gasteiger partial charge in [-0.3, -0.25) is 0 Å². The summed E-state index contributed by atoms with van der Waals surface area (Å²) in [5.41, 5.74) is 7.18. The Morgan fingerprint density at radius 1 is 1.50 bits per heavy atom. The number of allylic oxidation sites excluding steroid dienone is 1. The van der Waals surface area contributed by atoms with Crippen molar-refractivity contribution in [3.63, 3.8) is 0 Å². The standard InChI is InChI=1S/C6H10N.W/c1-5-2-3-6(7)4-5;/h2-3,5-7H,4H2,1H3;/q-1;/t5-,6+;/m1./s1. The van der Waals surface area contributed by atoms with Crippen LogP contribution in [0.15, 0.2) is 12.2 Å². The van der Waals surface area contributed by atoms with Crippen molar-refractivity contribution in [1.82, 2.24) is 0 Å². The summed E-state index contributed by atoms with van der Waals surface area (Å²) in [5.74, 6) is 0.655. The molecule has 1 aliphatic carbocycles. The Balaban J connectivity index is 0.000000490. The molecule has 0 saturated carbocycles. The van der Waals surface area contributed by atoms with Crippen molar-refractivity contribution in [1.29, 1.82) is 0 Å². The molecule has 0 heterocycles. The van der Waals surface area contributed by atoms with E-state index in [1.54, 1.807) is 0 Å². The molecule has 1 aliphatic rings. The van der Waals surface area contributed by atoms with Crippen LogP contribution in [0.5, 0.6) is 0 Å². The maximum absolute atomic E-state index is 7.18. The molecule has 0 radical (unpaired) electrons. The molecule has 0 unspecified atom stereocenters. The Hall–Kier alpha value is 0.388. The molecule has 0 aliphatic heterocycles. The van der Waals surface area contributed by atoms with Gasteiger partial charge in [0.15, 0.2) is 0 Å². The first kappa shape index (κ1) is 8.39. The molecule has 0 saturated heterocycles. The van der Waals surface area contributed by atoms with E-state index >= 15 is 0 Å². The molecule has 2 atom stereocenters. The fraction of sp³-hybridized carbons (Fsp3) is 0.667. The average Bonchev–Trinajstić information content (AvgIpc) is 1.87. The second-order valence-electron chi connectivity index (χ2n) is 2.20. The van der Waals surface area contributed by atoms with E-state index in [0.29, 0.717) is 5.92 Å². The minimum absolute atomic E-state index is 0. The fourth-order valence-electron chi connectivity index (χ4n) is 0.881. The van der Waals surface area contributed by atoms with E-state index in [4.69, 9.17) is 5.73 Å². The van der Waals surface area contributed by atoms with Gasteiger partial charge in [-0.2, -0.15) is 0 Å². The monoisotopic (exact) mass is 280 g/mol. The summed E-state index contributed by atoms with van der Waals surface area (Å²) in [6, 6.07) is 0.0926. The van der Waals surface area contributed by atoms with Crippen LogP contribution in [0.1, 0.15) is 13.3 Å². The normalized spacial score (nSPS) is 34.8. The molecule has 0 amide bonds. The number of nitrogens with one attached hydrogen (secondary N) is 1. The van der Waals surface area contributed by atoms with E-state index < -0.39 is 0 Å². The summed E-state index contributed by atoms with van der Waals surface area (Å²) in [4.78, 5) is 0. The van der Waals surface area contributed by atoms with Crippen LogP contribution in [0.25, 0.3) is 5.73 Å². The van der Waals surface area contributed by atoms with Gasteiger partial charge in [0.25, 0.3) is 0 Å². The summed E-state index contributed by atoms with van der Waals surface area (Å²) >= 11 is 0. The zero-order chi connectivity index (χ0) is 5.28.